The van der Waals surface area contributed by atoms with Crippen LogP contribution in [0.4, 0.5) is 0 Å². The monoisotopic (exact) mass is 396 g/mol. The van der Waals surface area contributed by atoms with E-state index in [2.05, 4.69) is 24.8 Å². The molecule has 0 radical (unpaired) electrons. The molecule has 156 valence electrons. The summed E-state index contributed by atoms with van der Waals surface area (Å²) in [5, 5.41) is 29.8. The van der Waals surface area contributed by atoms with E-state index in [0.29, 0.717) is 37.0 Å². The van der Waals surface area contributed by atoms with Crippen molar-refractivity contribution in [1.82, 2.24) is 0 Å². The number of hydrogen-bond donors (Lipinski definition) is 3. The highest BCUT2D eigenvalue weighted by Gasteiger charge is 2.52. The highest BCUT2D eigenvalue weighted by molar-refractivity contribution is 5.66. The second kappa shape index (κ2) is 10.1. The summed E-state index contributed by atoms with van der Waals surface area (Å²) in [5.74, 6) is 6.43. The molecule has 1 aromatic rings. The number of aliphatic carboxylic acids is 1. The minimum Gasteiger partial charge on any atom is -0.481 e. The van der Waals surface area contributed by atoms with Gasteiger partial charge in [-0.05, 0) is 61.8 Å². The third-order valence-electron chi connectivity index (χ3n) is 6.53. The Morgan fingerprint density at radius 1 is 1.28 bits per heavy atom. The van der Waals surface area contributed by atoms with Gasteiger partial charge in [0.05, 0.1) is 12.0 Å². The van der Waals surface area contributed by atoms with E-state index in [9.17, 15) is 15.0 Å². The number of aryl methyl sites for hydroxylation is 1. The molecule has 29 heavy (non-hydrogen) atoms. The van der Waals surface area contributed by atoms with Crippen molar-refractivity contribution in [1.29, 1.82) is 0 Å². The smallest absolute Gasteiger partial charge is 0.303 e. The van der Waals surface area contributed by atoms with Crippen molar-refractivity contribution < 1.29 is 20.1 Å². The lowest BCUT2D eigenvalue weighted by Crippen LogP contribution is -2.50. The molecule has 0 heterocycles. The third-order valence-corrected chi connectivity index (χ3v) is 6.53. The normalized spacial score (nSPS) is 30.6. The summed E-state index contributed by atoms with van der Waals surface area (Å²) in [7, 11) is 0. The standard InChI is InChI=1S/C25H32O4/c1-2-19-20(9-6-10-24(28)29)21-15-16-23(27)22(25(19)21)14-13-18(26)12-11-17-7-4-3-5-8-17/h3-5,7-9,18-19,21-23,25-27H,2,6,10-12,15-16H2,1H3,(H,28,29)/t18?,19?,21-,22+,23-,25+/m1/s1. The number of carboxylic acids is 1. The van der Waals surface area contributed by atoms with Crippen LogP contribution in [0.5, 0.6) is 0 Å². The fraction of sp³-hybridized carbons (Fsp3) is 0.560. The van der Waals surface area contributed by atoms with Crippen molar-refractivity contribution in [2.45, 2.75) is 64.1 Å². The molecule has 4 heteroatoms. The number of benzene rings is 1. The van der Waals surface area contributed by atoms with E-state index in [-0.39, 0.29) is 12.3 Å². The van der Waals surface area contributed by atoms with E-state index in [0.717, 1.165) is 19.3 Å². The van der Waals surface area contributed by atoms with Gasteiger partial charge in [0, 0.05) is 6.42 Å². The average Bonchev–Trinajstić information content (AvgIpc) is 2.70. The number of rotatable bonds is 7. The molecule has 2 unspecified atom stereocenters. The van der Waals surface area contributed by atoms with Gasteiger partial charge < -0.3 is 15.3 Å². The maximum atomic E-state index is 10.8. The number of fused-ring (bicyclic) bond motifs is 1. The molecular formula is C25H32O4. The van der Waals surface area contributed by atoms with Gasteiger partial charge in [-0.15, -0.1) is 0 Å². The van der Waals surface area contributed by atoms with Crippen molar-refractivity contribution in [2.75, 3.05) is 0 Å². The van der Waals surface area contributed by atoms with E-state index >= 15 is 0 Å². The summed E-state index contributed by atoms with van der Waals surface area (Å²) >= 11 is 0. The summed E-state index contributed by atoms with van der Waals surface area (Å²) in [6.45, 7) is 2.14. The average molecular weight is 397 g/mol. The summed E-state index contributed by atoms with van der Waals surface area (Å²) in [4.78, 5) is 10.8. The fourth-order valence-corrected chi connectivity index (χ4v) is 5.11. The molecule has 0 spiro atoms. The Balaban J connectivity index is 1.63. The number of aliphatic hydroxyl groups is 2. The largest absolute Gasteiger partial charge is 0.481 e. The van der Waals surface area contributed by atoms with Crippen molar-refractivity contribution in [2.24, 2.45) is 23.7 Å². The molecule has 2 aliphatic carbocycles. The molecule has 1 aromatic carbocycles. The molecule has 0 aliphatic heterocycles. The molecule has 2 aliphatic rings. The molecule has 0 amide bonds. The van der Waals surface area contributed by atoms with Gasteiger partial charge in [-0.1, -0.05) is 60.7 Å². The van der Waals surface area contributed by atoms with Gasteiger partial charge in [-0.25, -0.2) is 0 Å². The molecule has 0 aromatic heterocycles. The van der Waals surface area contributed by atoms with E-state index in [1.807, 2.05) is 30.3 Å². The van der Waals surface area contributed by atoms with Crippen LogP contribution in [0.15, 0.2) is 42.0 Å². The zero-order chi connectivity index (χ0) is 20.8. The quantitative estimate of drug-likeness (QED) is 0.484. The van der Waals surface area contributed by atoms with Crippen LogP contribution in [0, 0.1) is 35.5 Å². The lowest BCUT2D eigenvalue weighted by Gasteiger charge is -2.54. The molecular weight excluding hydrogens is 364 g/mol. The zero-order valence-corrected chi connectivity index (χ0v) is 17.1. The van der Waals surface area contributed by atoms with Crippen LogP contribution in [0.3, 0.4) is 0 Å². The molecule has 2 saturated carbocycles. The van der Waals surface area contributed by atoms with Crippen LogP contribution >= 0.6 is 0 Å². The Morgan fingerprint density at radius 3 is 2.72 bits per heavy atom. The summed E-state index contributed by atoms with van der Waals surface area (Å²) < 4.78 is 0. The first kappa shape index (κ1) is 21.6. The topological polar surface area (TPSA) is 77.8 Å². The Bertz CT molecular complexity index is 765. The van der Waals surface area contributed by atoms with Crippen molar-refractivity contribution in [3.8, 4) is 11.8 Å². The summed E-state index contributed by atoms with van der Waals surface area (Å²) in [6.07, 6.45) is 5.71. The maximum absolute atomic E-state index is 10.8. The van der Waals surface area contributed by atoms with Gasteiger partial charge in [0.1, 0.15) is 6.10 Å². The second-order valence-corrected chi connectivity index (χ2v) is 8.33. The Morgan fingerprint density at radius 2 is 2.03 bits per heavy atom. The Labute approximate surface area is 173 Å². The van der Waals surface area contributed by atoms with Crippen LogP contribution in [-0.2, 0) is 11.2 Å². The van der Waals surface area contributed by atoms with Gasteiger partial charge >= 0.3 is 5.97 Å². The van der Waals surface area contributed by atoms with Crippen LogP contribution in [-0.4, -0.2) is 33.5 Å². The van der Waals surface area contributed by atoms with Gasteiger partial charge in [0.25, 0.3) is 0 Å². The van der Waals surface area contributed by atoms with Gasteiger partial charge in [-0.3, -0.25) is 4.79 Å². The molecule has 3 N–H and O–H groups in total. The highest BCUT2D eigenvalue weighted by atomic mass is 16.4. The first-order valence-electron chi connectivity index (χ1n) is 10.8. The van der Waals surface area contributed by atoms with Crippen molar-refractivity contribution >= 4 is 5.97 Å². The Kier molecular flexibility index (Phi) is 7.52. The molecule has 3 rings (SSSR count). The van der Waals surface area contributed by atoms with Crippen LogP contribution in [0.1, 0.15) is 51.0 Å². The fourth-order valence-electron chi connectivity index (χ4n) is 5.11. The second-order valence-electron chi connectivity index (χ2n) is 8.33. The van der Waals surface area contributed by atoms with E-state index in [4.69, 9.17) is 5.11 Å². The first-order valence-corrected chi connectivity index (χ1v) is 10.8. The third kappa shape index (κ3) is 5.29. The maximum Gasteiger partial charge on any atom is 0.303 e. The van der Waals surface area contributed by atoms with E-state index in [1.54, 1.807) is 0 Å². The first-order chi connectivity index (χ1) is 14.0. The van der Waals surface area contributed by atoms with Crippen molar-refractivity contribution in [3.63, 3.8) is 0 Å². The molecule has 2 fully saturated rings. The van der Waals surface area contributed by atoms with Crippen molar-refractivity contribution in [3.05, 3.63) is 47.5 Å². The van der Waals surface area contributed by atoms with Crippen LogP contribution in [0.2, 0.25) is 0 Å². The van der Waals surface area contributed by atoms with E-state index < -0.39 is 18.2 Å². The number of allylic oxidation sites excluding steroid dienone is 2. The number of carbonyl (C=O) groups is 1. The predicted molar refractivity (Wildman–Crippen MR) is 113 cm³/mol. The molecule has 0 saturated heterocycles. The van der Waals surface area contributed by atoms with E-state index in [1.165, 1.54) is 11.1 Å². The SMILES string of the molecule is CCC1C(=CCCC(=O)O)[C@H]2CC[C@@H](O)[C@H](C#CC(O)CCc3ccccc3)[C@@H]12. The summed E-state index contributed by atoms with van der Waals surface area (Å²) in [6, 6.07) is 10.1. The lowest BCUT2D eigenvalue weighted by atomic mass is 9.50. The number of aliphatic hydroxyl groups excluding tert-OH is 2. The predicted octanol–water partition coefficient (Wildman–Crippen LogP) is 3.82. The lowest BCUT2D eigenvalue weighted by molar-refractivity contribution is -0.136. The van der Waals surface area contributed by atoms with Gasteiger partial charge in [-0.2, -0.15) is 0 Å². The summed E-state index contributed by atoms with van der Waals surface area (Å²) in [5.41, 5.74) is 2.55. The van der Waals surface area contributed by atoms with Gasteiger partial charge in [0.15, 0.2) is 0 Å². The molecule has 4 nitrogen and oxygen atoms in total. The van der Waals surface area contributed by atoms with Gasteiger partial charge in [0.2, 0.25) is 0 Å². The van der Waals surface area contributed by atoms with Crippen LogP contribution in [0.25, 0.3) is 0 Å². The molecule has 6 atom stereocenters. The minimum absolute atomic E-state index is 0.110. The van der Waals surface area contributed by atoms with Crippen LogP contribution < -0.4 is 0 Å². The molecule has 0 bridgehead atoms. The number of hydrogen-bond acceptors (Lipinski definition) is 3. The Hall–Kier alpha value is -2.09. The number of carboxylic acid groups (broad SMARTS) is 1. The highest BCUT2D eigenvalue weighted by Crippen LogP contribution is 2.57. The zero-order valence-electron chi connectivity index (χ0n) is 17.1. The minimum atomic E-state index is -0.766.